The van der Waals surface area contributed by atoms with Gasteiger partial charge in [0.05, 0.1) is 17.8 Å². The van der Waals surface area contributed by atoms with Gasteiger partial charge in [-0.05, 0) is 36.5 Å². The highest BCUT2D eigenvalue weighted by Crippen LogP contribution is 2.50. The van der Waals surface area contributed by atoms with Crippen LogP contribution in [0.15, 0.2) is 18.2 Å². The van der Waals surface area contributed by atoms with Crippen LogP contribution in [0, 0.1) is 11.8 Å². The summed E-state index contributed by atoms with van der Waals surface area (Å²) in [5.41, 5.74) is 1.39. The van der Waals surface area contributed by atoms with Gasteiger partial charge in [0.2, 0.25) is 0 Å². The number of carboxylic acids is 1. The van der Waals surface area contributed by atoms with Gasteiger partial charge >= 0.3 is 17.9 Å². The fourth-order valence-corrected chi connectivity index (χ4v) is 3.84. The van der Waals surface area contributed by atoms with Crippen LogP contribution in [0.4, 0.5) is 0 Å². The van der Waals surface area contributed by atoms with E-state index in [4.69, 9.17) is 4.74 Å². The molecule has 1 aromatic rings. The van der Waals surface area contributed by atoms with E-state index in [0.29, 0.717) is 23.0 Å². The molecule has 0 radical (unpaired) electrons. The van der Waals surface area contributed by atoms with E-state index in [9.17, 15) is 29.1 Å². The summed E-state index contributed by atoms with van der Waals surface area (Å²) >= 11 is 0. The van der Waals surface area contributed by atoms with Crippen molar-refractivity contribution in [2.24, 2.45) is 11.8 Å². The second-order valence-electron chi connectivity index (χ2n) is 6.41. The van der Waals surface area contributed by atoms with E-state index in [1.54, 1.807) is 12.1 Å². The zero-order valence-corrected chi connectivity index (χ0v) is 13.4. The molecule has 1 heterocycles. The molecule has 1 aliphatic carbocycles. The molecule has 0 bridgehead atoms. The molecule has 4 atom stereocenters. The van der Waals surface area contributed by atoms with E-state index in [0.717, 1.165) is 0 Å². The van der Waals surface area contributed by atoms with Crippen LogP contribution < -0.4 is 0 Å². The van der Waals surface area contributed by atoms with Crippen LogP contribution >= 0.6 is 0 Å². The number of aldehydes is 1. The monoisotopic (exact) mass is 344 g/mol. The first kappa shape index (κ1) is 17.0. The van der Waals surface area contributed by atoms with Gasteiger partial charge in [-0.25, -0.2) is 0 Å². The van der Waals surface area contributed by atoms with Gasteiger partial charge < -0.3 is 14.6 Å². The lowest BCUT2D eigenvalue weighted by molar-refractivity contribution is -0.153. The molecular formula is C18H16O7. The minimum absolute atomic E-state index is 0.118. The lowest BCUT2D eigenvalue weighted by Crippen LogP contribution is -2.33. The molecule has 25 heavy (non-hydrogen) atoms. The number of carbonyl (C=O) groups excluding carboxylic acids is 4. The molecule has 7 heteroatoms. The molecule has 1 aromatic carbocycles. The number of ketones is 1. The smallest absolute Gasteiger partial charge is 0.321 e. The van der Waals surface area contributed by atoms with Crippen molar-refractivity contribution in [3.05, 3.63) is 34.9 Å². The number of carbonyl (C=O) groups is 5. The first-order chi connectivity index (χ1) is 11.8. The largest absolute Gasteiger partial charge is 0.481 e. The van der Waals surface area contributed by atoms with Crippen LogP contribution in [0.3, 0.4) is 0 Å². The minimum atomic E-state index is -1.14. The third-order valence-electron chi connectivity index (χ3n) is 5.05. The van der Waals surface area contributed by atoms with Gasteiger partial charge in [0, 0.05) is 12.0 Å². The summed E-state index contributed by atoms with van der Waals surface area (Å²) in [5, 5.41) is 9.49. The topological polar surface area (TPSA) is 115 Å². The molecule has 3 rings (SSSR count). The Kier molecular flexibility index (Phi) is 4.24. The normalized spacial score (nSPS) is 25.6. The third-order valence-corrected chi connectivity index (χ3v) is 5.05. The van der Waals surface area contributed by atoms with Crippen molar-refractivity contribution in [1.82, 2.24) is 0 Å². The molecule has 130 valence electrons. The van der Waals surface area contributed by atoms with Gasteiger partial charge in [0.25, 0.3) is 0 Å². The molecule has 1 aliphatic heterocycles. The molecule has 4 unspecified atom stereocenters. The highest BCUT2D eigenvalue weighted by Gasteiger charge is 2.52. The van der Waals surface area contributed by atoms with E-state index in [2.05, 4.69) is 0 Å². The van der Waals surface area contributed by atoms with E-state index < -0.39 is 41.6 Å². The molecular weight excluding hydrogens is 328 g/mol. The van der Waals surface area contributed by atoms with Crippen molar-refractivity contribution in [2.75, 3.05) is 0 Å². The number of carboxylic acid groups (broad SMARTS) is 1. The Bertz CT molecular complexity index is 795. The molecule has 0 spiro atoms. The van der Waals surface area contributed by atoms with E-state index in [1.165, 1.54) is 13.0 Å². The number of hydrogen-bond acceptors (Lipinski definition) is 6. The van der Waals surface area contributed by atoms with Crippen molar-refractivity contribution in [1.29, 1.82) is 0 Å². The number of benzene rings is 1. The van der Waals surface area contributed by atoms with Crippen LogP contribution in [0.1, 0.15) is 53.1 Å². The zero-order valence-electron chi connectivity index (χ0n) is 13.4. The molecule has 1 saturated heterocycles. The van der Waals surface area contributed by atoms with Crippen molar-refractivity contribution in [2.45, 2.75) is 31.6 Å². The van der Waals surface area contributed by atoms with Crippen LogP contribution in [-0.4, -0.2) is 35.1 Å². The first-order valence-corrected chi connectivity index (χ1v) is 7.92. The summed E-state index contributed by atoms with van der Waals surface area (Å²) in [6.45, 7) is 1.38. The Morgan fingerprint density at radius 3 is 2.60 bits per heavy atom. The number of aliphatic carboxylic acids is 1. The van der Waals surface area contributed by atoms with Crippen molar-refractivity contribution in [3.63, 3.8) is 0 Å². The molecule has 2 aliphatic rings. The van der Waals surface area contributed by atoms with Gasteiger partial charge in [-0.3, -0.25) is 19.2 Å². The Morgan fingerprint density at radius 1 is 1.28 bits per heavy atom. The fourth-order valence-electron chi connectivity index (χ4n) is 3.84. The van der Waals surface area contributed by atoms with Gasteiger partial charge in [-0.2, -0.15) is 0 Å². The number of fused-ring (bicyclic) bond motifs is 3. The summed E-state index contributed by atoms with van der Waals surface area (Å²) in [5.74, 6) is -5.96. The van der Waals surface area contributed by atoms with E-state index in [-0.39, 0.29) is 18.6 Å². The van der Waals surface area contributed by atoms with E-state index in [1.807, 2.05) is 0 Å². The first-order valence-electron chi connectivity index (χ1n) is 7.92. The Morgan fingerprint density at radius 2 is 2.00 bits per heavy atom. The van der Waals surface area contributed by atoms with Gasteiger partial charge in [-0.1, -0.05) is 12.1 Å². The molecule has 1 N–H and O–H groups in total. The quantitative estimate of drug-likeness (QED) is 0.372. The average molecular weight is 344 g/mol. The Balaban J connectivity index is 2.16. The number of cyclic esters (lactones) is 2. The minimum Gasteiger partial charge on any atom is -0.481 e. The van der Waals surface area contributed by atoms with Crippen LogP contribution in [0.5, 0.6) is 0 Å². The number of Topliss-reactive ketones (excluding diaryl/α,β-unsaturated/α-hetero) is 1. The van der Waals surface area contributed by atoms with Gasteiger partial charge in [0.1, 0.15) is 6.29 Å². The number of hydrogen-bond donors (Lipinski definition) is 1. The molecule has 0 amide bonds. The van der Waals surface area contributed by atoms with Crippen molar-refractivity contribution in [3.8, 4) is 0 Å². The predicted molar refractivity (Wildman–Crippen MR) is 82.9 cm³/mol. The summed E-state index contributed by atoms with van der Waals surface area (Å²) in [6.07, 6.45) is 0.452. The van der Waals surface area contributed by atoms with Crippen molar-refractivity contribution >= 4 is 30.0 Å². The summed E-state index contributed by atoms with van der Waals surface area (Å²) in [7, 11) is 0. The highest BCUT2D eigenvalue weighted by atomic mass is 16.6. The summed E-state index contributed by atoms with van der Waals surface area (Å²) in [4.78, 5) is 58.3. The zero-order chi connectivity index (χ0) is 18.3. The third kappa shape index (κ3) is 2.75. The Hall–Kier alpha value is -2.83. The molecule has 0 saturated carbocycles. The predicted octanol–water partition coefficient (Wildman–Crippen LogP) is 1.45. The van der Waals surface area contributed by atoms with Gasteiger partial charge in [-0.15, -0.1) is 0 Å². The summed E-state index contributed by atoms with van der Waals surface area (Å²) in [6, 6.07) is 4.71. The molecule has 7 nitrogen and oxygen atoms in total. The number of esters is 2. The Labute approximate surface area is 143 Å². The van der Waals surface area contributed by atoms with Crippen LogP contribution in [0.2, 0.25) is 0 Å². The second-order valence-corrected chi connectivity index (χ2v) is 6.41. The SMILES string of the molecule is CC(=O)c1ccc2c(c1)C1C(=O)OC(=O)C1CC2C(CC=O)C(=O)O. The fraction of sp³-hybridized carbons (Fsp3) is 0.389. The maximum absolute atomic E-state index is 12.1. The lowest BCUT2D eigenvalue weighted by Gasteiger charge is -2.34. The molecule has 1 fully saturated rings. The highest BCUT2D eigenvalue weighted by molar-refractivity contribution is 6.01. The average Bonchev–Trinajstić information content (AvgIpc) is 2.85. The van der Waals surface area contributed by atoms with Gasteiger partial charge in [0.15, 0.2) is 5.78 Å². The maximum atomic E-state index is 12.1. The van der Waals surface area contributed by atoms with E-state index >= 15 is 0 Å². The van der Waals surface area contributed by atoms with Crippen molar-refractivity contribution < 1.29 is 33.8 Å². The lowest BCUT2D eigenvalue weighted by atomic mass is 9.66. The van der Waals surface area contributed by atoms with Crippen LogP contribution in [-0.2, 0) is 23.9 Å². The van der Waals surface area contributed by atoms with Crippen LogP contribution in [0.25, 0.3) is 0 Å². The number of rotatable bonds is 5. The standard InChI is InChI=1S/C18H16O7/c1-8(20)9-2-3-10-12(11(4-5-19)16(21)22)7-14-15(13(10)6-9)18(24)25-17(14)23/h2-3,5-6,11-12,14-15H,4,7H2,1H3,(H,21,22). The second kappa shape index (κ2) is 6.23. The number of ether oxygens (including phenoxy) is 1. The molecule has 0 aromatic heterocycles. The maximum Gasteiger partial charge on any atom is 0.321 e. The summed E-state index contributed by atoms with van der Waals surface area (Å²) < 4.78 is 4.73.